The topological polar surface area (TPSA) is 32.7 Å². The van der Waals surface area contributed by atoms with Crippen molar-refractivity contribution in [1.29, 1.82) is 0 Å². The van der Waals surface area contributed by atoms with Gasteiger partial charge in [-0.05, 0) is 27.8 Å². The molecule has 0 unspecified atom stereocenters. The minimum Gasteiger partial charge on any atom is -0.371 e. The van der Waals surface area contributed by atoms with Crippen LogP contribution in [-0.2, 0) is 4.74 Å². The molecule has 3 nitrogen and oxygen atoms in total. The maximum absolute atomic E-state index is 8.45. The Morgan fingerprint density at radius 3 is 2.27 bits per heavy atom. The summed E-state index contributed by atoms with van der Waals surface area (Å²) in [7, 11) is 2.04. The van der Waals surface area contributed by atoms with Crippen LogP contribution in [0, 0.1) is 0 Å². The third kappa shape index (κ3) is 5.18. The lowest BCUT2D eigenvalue weighted by Gasteiger charge is -2.24. The van der Waals surface area contributed by atoms with Crippen molar-refractivity contribution in [3.05, 3.63) is 0 Å². The van der Waals surface area contributed by atoms with Gasteiger partial charge in [0.25, 0.3) is 0 Å². The Labute approximate surface area is 69.0 Å². The predicted molar refractivity (Wildman–Crippen MR) is 45.4 cm³/mol. The number of aliphatic hydroxyl groups excluding tert-OH is 1. The van der Waals surface area contributed by atoms with Gasteiger partial charge in [-0.15, -0.1) is 0 Å². The number of hydrogen-bond acceptors (Lipinski definition) is 3. The van der Waals surface area contributed by atoms with E-state index in [1.165, 1.54) is 0 Å². The lowest BCUT2D eigenvalue weighted by molar-refractivity contribution is -0.0533. The number of ether oxygens (including phenoxy) is 1. The number of nitrogens with zero attached hydrogens (tertiary/aromatic N) is 1. The van der Waals surface area contributed by atoms with E-state index in [4.69, 9.17) is 9.84 Å². The summed E-state index contributed by atoms with van der Waals surface area (Å²) in [5.74, 6) is 0. The van der Waals surface area contributed by atoms with Crippen molar-refractivity contribution in [2.24, 2.45) is 0 Å². The standard InChI is InChI=1S/C8H19NO2/c1-7(2)9(4)5-8(3)11-6-10/h7-8,10H,5-6H2,1-4H3/t8-/m0/s1. The average molecular weight is 161 g/mol. The lowest BCUT2D eigenvalue weighted by atomic mass is 10.3. The van der Waals surface area contributed by atoms with Crippen LogP contribution in [0.25, 0.3) is 0 Å². The third-order valence-electron chi connectivity index (χ3n) is 1.79. The average Bonchev–Trinajstić information content (AvgIpc) is 1.87. The quantitative estimate of drug-likeness (QED) is 0.602. The van der Waals surface area contributed by atoms with Crippen molar-refractivity contribution in [3.63, 3.8) is 0 Å². The minimum absolute atomic E-state index is 0.104. The molecule has 0 radical (unpaired) electrons. The summed E-state index contributed by atoms with van der Waals surface area (Å²) in [6, 6.07) is 0.528. The fraction of sp³-hybridized carbons (Fsp3) is 1.00. The monoisotopic (exact) mass is 161 g/mol. The SMILES string of the molecule is CC(C)N(C)C[C@H](C)OCO. The molecule has 0 aromatic rings. The Kier molecular flexibility index (Phi) is 5.46. The van der Waals surface area contributed by atoms with Crippen LogP contribution < -0.4 is 0 Å². The Morgan fingerprint density at radius 1 is 1.36 bits per heavy atom. The van der Waals surface area contributed by atoms with E-state index in [0.717, 1.165) is 6.54 Å². The van der Waals surface area contributed by atoms with E-state index < -0.39 is 0 Å². The molecular formula is C8H19NO2. The highest BCUT2D eigenvalue weighted by atomic mass is 16.6. The summed E-state index contributed by atoms with van der Waals surface area (Å²) in [6.07, 6.45) is 0.104. The molecule has 0 spiro atoms. The normalized spacial score (nSPS) is 14.5. The van der Waals surface area contributed by atoms with Gasteiger partial charge in [0.1, 0.15) is 6.79 Å². The zero-order valence-electron chi connectivity index (χ0n) is 7.87. The van der Waals surface area contributed by atoms with Crippen LogP contribution in [0.1, 0.15) is 20.8 Å². The van der Waals surface area contributed by atoms with Gasteiger partial charge in [-0.25, -0.2) is 0 Å². The molecular weight excluding hydrogens is 142 g/mol. The van der Waals surface area contributed by atoms with E-state index in [2.05, 4.69) is 18.7 Å². The molecule has 11 heavy (non-hydrogen) atoms. The molecule has 1 N–H and O–H groups in total. The Morgan fingerprint density at radius 2 is 1.91 bits per heavy atom. The first-order valence-electron chi connectivity index (χ1n) is 4.00. The zero-order chi connectivity index (χ0) is 8.85. The number of likely N-dealkylation sites (N-methyl/N-ethyl adjacent to an activating group) is 1. The van der Waals surface area contributed by atoms with E-state index in [9.17, 15) is 0 Å². The summed E-state index contributed by atoms with van der Waals surface area (Å²) in [6.45, 7) is 6.89. The lowest BCUT2D eigenvalue weighted by Crippen LogP contribution is -2.34. The maximum Gasteiger partial charge on any atom is 0.143 e. The highest BCUT2D eigenvalue weighted by Crippen LogP contribution is 1.98. The number of aliphatic hydroxyl groups is 1. The van der Waals surface area contributed by atoms with Gasteiger partial charge in [0, 0.05) is 12.6 Å². The molecule has 0 aliphatic heterocycles. The van der Waals surface area contributed by atoms with Crippen LogP contribution in [0.4, 0.5) is 0 Å². The Balaban J connectivity index is 3.48. The van der Waals surface area contributed by atoms with Crippen LogP contribution in [0.5, 0.6) is 0 Å². The molecule has 0 aromatic heterocycles. The van der Waals surface area contributed by atoms with Crippen molar-refractivity contribution in [2.45, 2.75) is 32.9 Å². The van der Waals surface area contributed by atoms with Crippen LogP contribution >= 0.6 is 0 Å². The summed E-state index contributed by atoms with van der Waals surface area (Å²) >= 11 is 0. The summed E-state index contributed by atoms with van der Waals surface area (Å²) in [5, 5.41) is 8.45. The van der Waals surface area contributed by atoms with Gasteiger partial charge in [-0.3, -0.25) is 0 Å². The summed E-state index contributed by atoms with van der Waals surface area (Å²) in [4.78, 5) is 2.18. The van der Waals surface area contributed by atoms with Crippen molar-refractivity contribution in [1.82, 2.24) is 4.90 Å². The molecule has 0 aliphatic carbocycles. The van der Waals surface area contributed by atoms with E-state index in [1.54, 1.807) is 0 Å². The molecule has 0 bridgehead atoms. The molecule has 68 valence electrons. The van der Waals surface area contributed by atoms with E-state index in [1.807, 2.05) is 14.0 Å². The minimum atomic E-state index is -0.187. The first-order chi connectivity index (χ1) is 5.07. The van der Waals surface area contributed by atoms with Gasteiger partial charge in [-0.1, -0.05) is 0 Å². The Hall–Kier alpha value is -0.120. The molecule has 0 heterocycles. The third-order valence-corrected chi connectivity index (χ3v) is 1.79. The zero-order valence-corrected chi connectivity index (χ0v) is 7.87. The molecule has 0 aliphatic rings. The predicted octanol–water partition coefficient (Wildman–Crippen LogP) is 0.681. The van der Waals surface area contributed by atoms with Crippen molar-refractivity contribution < 1.29 is 9.84 Å². The van der Waals surface area contributed by atoms with E-state index in [0.29, 0.717) is 6.04 Å². The van der Waals surface area contributed by atoms with Crippen LogP contribution in [0.2, 0.25) is 0 Å². The fourth-order valence-corrected chi connectivity index (χ4v) is 0.796. The highest BCUT2D eigenvalue weighted by Gasteiger charge is 2.08. The van der Waals surface area contributed by atoms with Gasteiger partial charge < -0.3 is 14.7 Å². The fourth-order valence-electron chi connectivity index (χ4n) is 0.796. The molecule has 0 saturated heterocycles. The molecule has 0 rings (SSSR count). The Bertz CT molecular complexity index is 96.1. The smallest absolute Gasteiger partial charge is 0.143 e. The molecule has 0 aromatic carbocycles. The van der Waals surface area contributed by atoms with Gasteiger partial charge in [-0.2, -0.15) is 0 Å². The van der Waals surface area contributed by atoms with Crippen LogP contribution in [-0.4, -0.2) is 42.5 Å². The summed E-state index contributed by atoms with van der Waals surface area (Å²) < 4.78 is 4.98. The van der Waals surface area contributed by atoms with Crippen molar-refractivity contribution in [3.8, 4) is 0 Å². The van der Waals surface area contributed by atoms with Gasteiger partial charge in [0.05, 0.1) is 6.10 Å². The van der Waals surface area contributed by atoms with Gasteiger partial charge in [0.15, 0.2) is 0 Å². The molecule has 3 heteroatoms. The van der Waals surface area contributed by atoms with E-state index in [-0.39, 0.29) is 12.9 Å². The van der Waals surface area contributed by atoms with Crippen molar-refractivity contribution in [2.75, 3.05) is 20.4 Å². The van der Waals surface area contributed by atoms with E-state index >= 15 is 0 Å². The second-order valence-corrected chi connectivity index (χ2v) is 3.14. The first kappa shape index (κ1) is 10.9. The van der Waals surface area contributed by atoms with Crippen LogP contribution in [0.3, 0.4) is 0 Å². The second-order valence-electron chi connectivity index (χ2n) is 3.14. The van der Waals surface area contributed by atoms with Crippen LogP contribution in [0.15, 0.2) is 0 Å². The van der Waals surface area contributed by atoms with Gasteiger partial charge >= 0.3 is 0 Å². The maximum atomic E-state index is 8.45. The van der Waals surface area contributed by atoms with Crippen molar-refractivity contribution >= 4 is 0 Å². The molecule has 0 fully saturated rings. The largest absolute Gasteiger partial charge is 0.371 e. The highest BCUT2D eigenvalue weighted by molar-refractivity contribution is 4.60. The summed E-state index contributed by atoms with van der Waals surface area (Å²) in [5.41, 5.74) is 0. The van der Waals surface area contributed by atoms with Gasteiger partial charge in [0.2, 0.25) is 0 Å². The molecule has 0 amide bonds. The second kappa shape index (κ2) is 5.52. The molecule has 0 saturated carbocycles. The number of hydrogen-bond donors (Lipinski definition) is 1. The molecule has 1 atom stereocenters. The first-order valence-corrected chi connectivity index (χ1v) is 4.00. The number of rotatable bonds is 5.